The maximum atomic E-state index is 11.5. The molecule has 0 saturated carbocycles. The summed E-state index contributed by atoms with van der Waals surface area (Å²) in [5, 5.41) is 0. The number of esters is 2. The smallest absolute Gasteiger partial charge is 0.0833 e. The average molecular weight is 885 g/mol. The molecule has 0 fully saturated rings. The number of unbranched alkanes of at least 4 members (excludes halogenated alkanes) is 3. The molecule has 0 amide bonds. The monoisotopic (exact) mass is 886 g/mol. The first kappa shape index (κ1) is 45.9. The third-order valence-electron chi connectivity index (χ3n) is 5.83. The van der Waals surface area contributed by atoms with Gasteiger partial charge in [0.05, 0.1) is 3.57 Å². The van der Waals surface area contributed by atoms with Crippen molar-refractivity contribution in [3.8, 4) is 11.5 Å². The van der Waals surface area contributed by atoms with E-state index >= 15 is 0 Å². The van der Waals surface area contributed by atoms with E-state index in [0.717, 1.165) is 17.3 Å². The van der Waals surface area contributed by atoms with Gasteiger partial charge >= 0.3 is 153 Å². The number of ether oxygens (including phenoxy) is 2. The number of carbonyl (C=O) groups is 2. The first-order chi connectivity index (χ1) is 18.7. The van der Waals surface area contributed by atoms with Crippen molar-refractivity contribution in [3.63, 3.8) is 0 Å². The van der Waals surface area contributed by atoms with Gasteiger partial charge in [0.15, 0.2) is 0 Å². The molecule has 0 aliphatic heterocycles. The predicted octanol–water partition coefficient (Wildman–Crippen LogP) is 9.84. The van der Waals surface area contributed by atoms with E-state index in [2.05, 4.69) is 91.2 Å². The number of hydrogen-bond acceptors (Lipinski definition) is 4. The van der Waals surface area contributed by atoms with Gasteiger partial charge in [-0.3, -0.25) is 4.79 Å². The molecule has 0 bridgehead atoms. The van der Waals surface area contributed by atoms with Crippen molar-refractivity contribution in [2.24, 2.45) is 0 Å². The molecule has 0 spiro atoms. The van der Waals surface area contributed by atoms with Crippen molar-refractivity contribution >= 4 is 110 Å². The van der Waals surface area contributed by atoms with Crippen molar-refractivity contribution < 1.29 is 19.1 Å². The number of para-hydroxylation sites is 2. The van der Waals surface area contributed by atoms with Gasteiger partial charge in [0.1, 0.15) is 5.75 Å². The first-order valence-electron chi connectivity index (χ1n) is 13.4. The Morgan fingerprint density at radius 2 is 1.10 bits per heavy atom. The second-order valence-electron chi connectivity index (χ2n) is 8.87. The standard InChI is InChI=1S/C8H7IO2.C8H7O2.3C4H9.H5P3.H4P2.H3P.Sn/c1-6(10)11-8-5-3-2-4-7(8)9;1-7(9)10-8-5-3-2-4-6-8;3*1-3-4-2;1-3-2;1-2;;/h2-5H,1H3;2-5H,1H3;3*1,3-4H2,2H3;3H,1-2H2;1-2H2;1H3;. The van der Waals surface area contributed by atoms with Crippen LogP contribution in [0.5, 0.6) is 11.5 Å². The van der Waals surface area contributed by atoms with Crippen LogP contribution < -0.4 is 13.1 Å². The third kappa shape index (κ3) is 21.2. The fraction of sp³-hybridized carbons (Fsp3) is 0.500. The Hall–Kier alpha value is 1.49. The van der Waals surface area contributed by atoms with Crippen molar-refractivity contribution in [2.75, 3.05) is 0 Å². The van der Waals surface area contributed by atoms with Crippen molar-refractivity contribution in [1.29, 1.82) is 0 Å². The summed E-state index contributed by atoms with van der Waals surface area (Å²) in [6, 6.07) is 15.8. The van der Waals surface area contributed by atoms with Crippen LogP contribution in [0.15, 0.2) is 48.5 Å². The first-order valence-corrected chi connectivity index (χ1v) is 29.3. The van der Waals surface area contributed by atoms with Crippen LogP contribution in [0.25, 0.3) is 0 Å². The van der Waals surface area contributed by atoms with Crippen LogP contribution in [0.3, 0.4) is 0 Å². The number of halogens is 1. The molecular weight excluding hydrogens is 832 g/mol. The molecule has 0 saturated heterocycles. The summed E-state index contributed by atoms with van der Waals surface area (Å²) >= 11 is -0.413. The average Bonchev–Trinajstić information content (AvgIpc) is 2.92. The molecule has 4 nitrogen and oxygen atoms in total. The van der Waals surface area contributed by atoms with Gasteiger partial charge in [0, 0.05) is 6.92 Å². The minimum absolute atomic E-state index is 0. The quantitative estimate of drug-likeness (QED) is 0.0701. The Morgan fingerprint density at radius 1 is 0.750 bits per heavy atom. The van der Waals surface area contributed by atoms with Crippen LogP contribution in [-0.2, 0) is 9.59 Å². The summed E-state index contributed by atoms with van der Waals surface area (Å²) in [6.45, 7) is 9.76. The molecule has 5 atom stereocenters. The molecular formula is C28H53IO4P6Sn. The zero-order valence-corrected chi connectivity index (χ0v) is 37.1. The molecule has 0 radical (unpaired) electrons. The maximum absolute atomic E-state index is 11.5. The largest absolute Gasteiger partial charge is 0.153 e. The number of hydrogen-bond donors (Lipinski definition) is 0. The van der Waals surface area contributed by atoms with Crippen molar-refractivity contribution in [2.45, 2.75) is 86.5 Å². The topological polar surface area (TPSA) is 52.6 Å². The fourth-order valence-electron chi connectivity index (χ4n) is 4.16. The summed E-state index contributed by atoms with van der Waals surface area (Å²) in [6.07, 6.45) is 7.72. The number of carbonyl (C=O) groups excluding carboxylic acids is 2. The normalized spacial score (nSPS) is 9.75. The van der Waals surface area contributed by atoms with E-state index in [-0.39, 0.29) is 21.8 Å². The number of benzene rings is 2. The number of rotatable bonds is 12. The van der Waals surface area contributed by atoms with Gasteiger partial charge in [-0.2, -0.15) is 9.90 Å². The van der Waals surface area contributed by atoms with Gasteiger partial charge in [-0.05, 0) is 34.7 Å². The van der Waals surface area contributed by atoms with Crippen LogP contribution in [-0.4, -0.2) is 30.3 Å². The Morgan fingerprint density at radius 3 is 1.48 bits per heavy atom. The van der Waals surface area contributed by atoms with E-state index in [9.17, 15) is 9.59 Å². The molecule has 40 heavy (non-hydrogen) atoms. The second-order valence-corrected chi connectivity index (χ2v) is 27.5. The van der Waals surface area contributed by atoms with Crippen LogP contribution in [0.1, 0.15) is 73.1 Å². The summed E-state index contributed by atoms with van der Waals surface area (Å²) in [5.74, 6) is 1.01. The molecule has 0 N–H and O–H groups in total. The van der Waals surface area contributed by atoms with Gasteiger partial charge in [-0.25, -0.2) is 0 Å². The Balaban J connectivity index is -0.000000671. The summed E-state index contributed by atoms with van der Waals surface area (Å²) in [5.41, 5.74) is 0. The zero-order chi connectivity index (χ0) is 30.1. The Kier molecular flexibility index (Phi) is 35.0. The van der Waals surface area contributed by atoms with Crippen molar-refractivity contribution in [3.05, 3.63) is 52.1 Å². The Bertz CT molecular complexity index is 902. The minimum Gasteiger partial charge on any atom is -0.153 e. The zero-order valence-electron chi connectivity index (χ0n) is 25.0. The molecule has 2 aromatic rings. The predicted molar refractivity (Wildman–Crippen MR) is 211 cm³/mol. The van der Waals surface area contributed by atoms with Gasteiger partial charge in [0.25, 0.3) is 0 Å². The third-order valence-corrected chi connectivity index (χ3v) is 22.4. The molecule has 0 aromatic heterocycles. The molecule has 2 rings (SSSR count). The van der Waals surface area contributed by atoms with E-state index in [0.29, 0.717) is 5.75 Å². The fourth-order valence-corrected chi connectivity index (χ4v) is 21.1. The minimum atomic E-state index is -2.53. The van der Waals surface area contributed by atoms with Gasteiger partial charge in [0.2, 0.25) is 0 Å². The summed E-state index contributed by atoms with van der Waals surface area (Å²) in [7, 11) is 10.7. The molecule has 230 valence electrons. The molecule has 0 aliphatic rings. The molecule has 0 aliphatic carbocycles. The molecule has 0 heterocycles. The summed E-state index contributed by atoms with van der Waals surface area (Å²) in [4.78, 5) is 22.1. The maximum Gasteiger partial charge on any atom is -0.0833 e. The van der Waals surface area contributed by atoms with Crippen molar-refractivity contribution in [1.82, 2.24) is 0 Å². The van der Waals surface area contributed by atoms with Crippen LogP contribution in [0.4, 0.5) is 0 Å². The summed E-state index contributed by atoms with van der Waals surface area (Å²) < 4.78 is 17.1. The van der Waals surface area contributed by atoms with E-state index < -0.39 is 18.4 Å². The Labute approximate surface area is 276 Å². The molecule has 12 heteroatoms. The van der Waals surface area contributed by atoms with E-state index in [1.807, 2.05) is 30.3 Å². The van der Waals surface area contributed by atoms with Crippen LogP contribution in [0, 0.1) is 3.57 Å². The second kappa shape index (κ2) is 30.5. The van der Waals surface area contributed by atoms with E-state index in [1.165, 1.54) is 69.3 Å². The van der Waals surface area contributed by atoms with E-state index in [4.69, 9.17) is 9.47 Å². The van der Waals surface area contributed by atoms with Crippen LogP contribution in [0.2, 0.25) is 13.3 Å². The van der Waals surface area contributed by atoms with Gasteiger partial charge in [-0.15, -0.1) is 35.7 Å². The van der Waals surface area contributed by atoms with E-state index in [1.54, 1.807) is 6.07 Å². The van der Waals surface area contributed by atoms with Crippen LogP contribution >= 0.6 is 76.2 Å². The van der Waals surface area contributed by atoms with Gasteiger partial charge in [-0.1, -0.05) is 20.1 Å². The molecule has 5 unspecified atom stereocenters. The van der Waals surface area contributed by atoms with Gasteiger partial charge < -0.3 is 4.74 Å². The SMILES string of the molecule is CC(=O)Oc1ccccc1I.CCC[CH2][Sn]([CH2]CCC)([CH2]CCC)[c]1ccccc1OC(C)=O.P.PP.PPP. The molecule has 2 aromatic carbocycles.